The predicted molar refractivity (Wildman–Crippen MR) is 147 cm³/mol. The first kappa shape index (κ1) is 25.7. The van der Waals surface area contributed by atoms with Crippen molar-refractivity contribution < 1.29 is 14.3 Å². The van der Waals surface area contributed by atoms with E-state index in [1.54, 1.807) is 28.9 Å². The number of aromatic nitrogens is 4. The Morgan fingerprint density at radius 2 is 1.74 bits per heavy atom. The molecular weight excluding hydrogens is 478 g/mol. The van der Waals surface area contributed by atoms with Crippen molar-refractivity contribution in [3.63, 3.8) is 0 Å². The Balaban J connectivity index is 1.48. The number of hydrogen-bond donors (Lipinski definition) is 0. The van der Waals surface area contributed by atoms with Gasteiger partial charge < -0.3 is 9.14 Å². The van der Waals surface area contributed by atoms with Crippen molar-refractivity contribution in [2.24, 2.45) is 11.8 Å². The number of carbonyl (C=O) groups is 2. The molecule has 1 aliphatic rings. The minimum atomic E-state index is -0.477. The zero-order valence-corrected chi connectivity index (χ0v) is 22.5. The highest BCUT2D eigenvalue weighted by Gasteiger charge is 2.34. The molecule has 3 heterocycles. The summed E-state index contributed by atoms with van der Waals surface area (Å²) in [6.45, 7) is 8.18. The lowest BCUT2D eigenvalue weighted by atomic mass is 9.82. The minimum absolute atomic E-state index is 0.0351. The first-order valence-corrected chi connectivity index (χ1v) is 13.5. The minimum Gasteiger partial charge on any atom is -0.462 e. The Morgan fingerprint density at radius 1 is 1.03 bits per heavy atom. The fraction of sp³-hybridized carbons (Fsp3) is 0.400. The monoisotopic (exact) mass is 513 g/mol. The Morgan fingerprint density at radius 3 is 2.42 bits per heavy atom. The van der Waals surface area contributed by atoms with Crippen LogP contribution in [-0.2, 0) is 9.53 Å². The fourth-order valence-corrected chi connectivity index (χ4v) is 5.23. The van der Waals surface area contributed by atoms with Gasteiger partial charge in [0.05, 0.1) is 12.3 Å². The largest absolute Gasteiger partial charge is 0.462 e. The van der Waals surface area contributed by atoms with Gasteiger partial charge in [-0.15, -0.1) is 5.10 Å². The maximum absolute atomic E-state index is 13.7. The van der Waals surface area contributed by atoms with Crippen LogP contribution in [0.25, 0.3) is 22.5 Å². The van der Waals surface area contributed by atoms with Gasteiger partial charge in [0.1, 0.15) is 11.2 Å². The summed E-state index contributed by atoms with van der Waals surface area (Å²) in [5, 5.41) is 4.78. The molecule has 8 nitrogen and oxygen atoms in total. The van der Waals surface area contributed by atoms with E-state index in [0.717, 1.165) is 48.1 Å². The average molecular weight is 514 g/mol. The molecule has 0 spiro atoms. The standard InChI is InChI=1S/C30H35N5O3/c1-5-38-30(37)26-19-34(32-28(26)35(20(2)3)29(36)23-8-6-21(4)7-9-23)25-13-10-22(11-14-25)24-12-15-27-31-16-17-33(27)18-24/h10-21,23H,5-9H2,1-4H3/t21-,23-. The van der Waals surface area contributed by atoms with E-state index in [4.69, 9.17) is 9.84 Å². The zero-order valence-electron chi connectivity index (χ0n) is 22.5. The summed E-state index contributed by atoms with van der Waals surface area (Å²) in [4.78, 5) is 32.7. The lowest BCUT2D eigenvalue weighted by Crippen LogP contribution is -2.43. The number of benzene rings is 1. The van der Waals surface area contributed by atoms with Crippen molar-refractivity contribution in [3.05, 3.63) is 66.7 Å². The number of hydrogen-bond acceptors (Lipinski definition) is 5. The molecule has 5 rings (SSSR count). The Hall–Kier alpha value is -3.94. The van der Waals surface area contributed by atoms with Crippen LogP contribution in [0.1, 0.15) is 63.7 Å². The quantitative estimate of drug-likeness (QED) is 0.286. The Bertz CT molecular complexity index is 1430. The van der Waals surface area contributed by atoms with Crippen LogP contribution in [-0.4, -0.2) is 43.7 Å². The third-order valence-corrected chi connectivity index (χ3v) is 7.39. The number of pyridine rings is 1. The number of fused-ring (bicyclic) bond motifs is 1. The molecule has 0 atom stereocenters. The number of esters is 1. The van der Waals surface area contributed by atoms with Gasteiger partial charge in [-0.3, -0.25) is 9.69 Å². The Labute approximate surface area is 223 Å². The summed E-state index contributed by atoms with van der Waals surface area (Å²) in [5.41, 5.74) is 4.10. The maximum atomic E-state index is 13.7. The summed E-state index contributed by atoms with van der Waals surface area (Å²) >= 11 is 0. The van der Waals surface area contributed by atoms with Gasteiger partial charge in [0, 0.05) is 36.7 Å². The van der Waals surface area contributed by atoms with E-state index in [1.165, 1.54) is 0 Å². The van der Waals surface area contributed by atoms with Crippen molar-refractivity contribution >= 4 is 23.3 Å². The van der Waals surface area contributed by atoms with Crippen LogP contribution in [0.3, 0.4) is 0 Å². The second-order valence-electron chi connectivity index (χ2n) is 10.4. The van der Waals surface area contributed by atoms with Gasteiger partial charge in [-0.2, -0.15) is 0 Å². The normalized spacial score (nSPS) is 17.6. The molecular formula is C30H35N5O3. The smallest absolute Gasteiger partial charge is 0.343 e. The van der Waals surface area contributed by atoms with Crippen molar-refractivity contribution in [2.45, 2.75) is 59.4 Å². The molecule has 0 aliphatic heterocycles. The first-order valence-electron chi connectivity index (χ1n) is 13.5. The molecule has 4 aromatic rings. The topological polar surface area (TPSA) is 81.7 Å². The molecule has 0 unspecified atom stereocenters. The molecule has 0 N–H and O–H groups in total. The van der Waals surface area contributed by atoms with Gasteiger partial charge in [-0.25, -0.2) is 14.5 Å². The van der Waals surface area contributed by atoms with Crippen molar-refractivity contribution in [1.29, 1.82) is 0 Å². The van der Waals surface area contributed by atoms with Crippen LogP contribution in [0.15, 0.2) is 61.2 Å². The second kappa shape index (κ2) is 10.8. The third-order valence-electron chi connectivity index (χ3n) is 7.39. The fourth-order valence-electron chi connectivity index (χ4n) is 5.23. The summed E-state index contributed by atoms with van der Waals surface area (Å²) < 4.78 is 9.00. The highest BCUT2D eigenvalue weighted by Crippen LogP contribution is 2.33. The van der Waals surface area contributed by atoms with Crippen LogP contribution in [0, 0.1) is 11.8 Å². The number of nitrogens with zero attached hydrogens (tertiary/aromatic N) is 5. The van der Waals surface area contributed by atoms with Crippen LogP contribution in [0.5, 0.6) is 0 Å². The molecule has 0 bridgehead atoms. The highest BCUT2D eigenvalue weighted by atomic mass is 16.5. The van der Waals surface area contributed by atoms with Crippen molar-refractivity contribution in [2.75, 3.05) is 11.5 Å². The molecule has 1 fully saturated rings. The number of ether oxygens (including phenoxy) is 1. The summed E-state index contributed by atoms with van der Waals surface area (Å²) in [6.07, 6.45) is 11.2. The maximum Gasteiger partial charge on any atom is 0.343 e. The molecule has 38 heavy (non-hydrogen) atoms. The number of carbonyl (C=O) groups excluding carboxylic acids is 2. The Kier molecular flexibility index (Phi) is 7.31. The van der Waals surface area contributed by atoms with Crippen LogP contribution in [0.4, 0.5) is 5.82 Å². The molecule has 1 saturated carbocycles. The molecule has 1 amide bonds. The summed E-state index contributed by atoms with van der Waals surface area (Å²) in [5.74, 6) is 0.506. The highest BCUT2D eigenvalue weighted by molar-refractivity contribution is 6.02. The van der Waals surface area contributed by atoms with Crippen molar-refractivity contribution in [1.82, 2.24) is 19.2 Å². The average Bonchev–Trinajstić information content (AvgIpc) is 3.56. The van der Waals surface area contributed by atoms with E-state index < -0.39 is 5.97 Å². The molecule has 1 aromatic carbocycles. The first-order chi connectivity index (χ1) is 18.4. The number of anilines is 1. The second-order valence-corrected chi connectivity index (χ2v) is 10.4. The van der Waals surface area contributed by atoms with Crippen molar-refractivity contribution in [3.8, 4) is 16.8 Å². The van der Waals surface area contributed by atoms with E-state index in [0.29, 0.717) is 17.3 Å². The van der Waals surface area contributed by atoms with Crippen LogP contribution >= 0.6 is 0 Å². The molecule has 0 saturated heterocycles. The summed E-state index contributed by atoms with van der Waals surface area (Å²) in [7, 11) is 0. The predicted octanol–water partition coefficient (Wildman–Crippen LogP) is 5.93. The van der Waals surface area contributed by atoms with E-state index in [-0.39, 0.29) is 24.5 Å². The van der Waals surface area contributed by atoms with Gasteiger partial charge in [-0.05, 0) is 87.8 Å². The molecule has 198 valence electrons. The van der Waals surface area contributed by atoms with E-state index in [9.17, 15) is 9.59 Å². The molecule has 3 aromatic heterocycles. The van der Waals surface area contributed by atoms with Gasteiger partial charge in [0.25, 0.3) is 0 Å². The van der Waals surface area contributed by atoms with Gasteiger partial charge in [0.2, 0.25) is 5.91 Å². The molecule has 8 heteroatoms. The summed E-state index contributed by atoms with van der Waals surface area (Å²) in [6, 6.07) is 11.8. The number of imidazole rings is 1. The molecule has 1 aliphatic carbocycles. The van der Waals surface area contributed by atoms with Gasteiger partial charge in [-0.1, -0.05) is 19.1 Å². The van der Waals surface area contributed by atoms with E-state index in [1.807, 2.05) is 67.0 Å². The zero-order chi connectivity index (χ0) is 26.8. The van der Waals surface area contributed by atoms with Crippen LogP contribution < -0.4 is 4.90 Å². The third kappa shape index (κ3) is 5.08. The number of rotatable bonds is 7. The number of amides is 1. The van der Waals surface area contributed by atoms with E-state index in [2.05, 4.69) is 11.9 Å². The lowest BCUT2D eigenvalue weighted by Gasteiger charge is -2.32. The van der Waals surface area contributed by atoms with E-state index >= 15 is 0 Å². The lowest BCUT2D eigenvalue weighted by molar-refractivity contribution is -0.124. The molecule has 0 radical (unpaired) electrons. The van der Waals surface area contributed by atoms with Crippen LogP contribution in [0.2, 0.25) is 0 Å². The SMILES string of the molecule is CCOC(=O)c1cn(-c2ccc(-c3ccc4nccn4c3)cc2)nc1N(C(=O)[C@H]1CC[C@H](C)CC1)C(C)C. The van der Waals surface area contributed by atoms with Gasteiger partial charge in [0.15, 0.2) is 5.82 Å². The van der Waals surface area contributed by atoms with Gasteiger partial charge >= 0.3 is 5.97 Å².